The van der Waals surface area contributed by atoms with Gasteiger partial charge in [0.15, 0.2) is 11.5 Å². The van der Waals surface area contributed by atoms with Crippen molar-refractivity contribution in [2.24, 2.45) is 0 Å². The van der Waals surface area contributed by atoms with Crippen molar-refractivity contribution in [2.75, 3.05) is 76.1 Å². The van der Waals surface area contributed by atoms with Crippen molar-refractivity contribution in [1.82, 2.24) is 19.9 Å². The summed E-state index contributed by atoms with van der Waals surface area (Å²) in [5.41, 5.74) is 0.591. The van der Waals surface area contributed by atoms with E-state index in [4.69, 9.17) is 28.7 Å². The van der Waals surface area contributed by atoms with Gasteiger partial charge in [0.05, 0.1) is 44.5 Å². The molecular formula is C27H32N6O8S. The van der Waals surface area contributed by atoms with Gasteiger partial charge in [-0.25, -0.2) is 0 Å². The van der Waals surface area contributed by atoms with Gasteiger partial charge in [0.1, 0.15) is 6.54 Å². The molecule has 0 N–H and O–H groups in total. The summed E-state index contributed by atoms with van der Waals surface area (Å²) in [7, 11) is 1.49. The van der Waals surface area contributed by atoms with Crippen molar-refractivity contribution in [3.8, 4) is 17.5 Å². The third-order valence-electron chi connectivity index (χ3n) is 6.39. The molecule has 1 aromatic carbocycles. The Morgan fingerprint density at radius 3 is 2.17 bits per heavy atom. The molecule has 0 spiro atoms. The number of hydrogen-bond donors (Lipinski definition) is 0. The average Bonchev–Trinajstić information content (AvgIpc) is 3.25. The lowest BCUT2D eigenvalue weighted by Gasteiger charge is -2.30. The molecule has 0 unspecified atom stereocenters. The van der Waals surface area contributed by atoms with Crippen LogP contribution in [0, 0.1) is 0 Å². The predicted molar refractivity (Wildman–Crippen MR) is 153 cm³/mol. The minimum atomic E-state index is -0.649. The molecule has 3 saturated heterocycles. The number of hydrogen-bond acceptors (Lipinski definition) is 14. The van der Waals surface area contributed by atoms with Gasteiger partial charge in [0, 0.05) is 26.2 Å². The number of carbonyl (C=O) groups is 3. The third-order valence-corrected chi connectivity index (χ3v) is 7.30. The van der Waals surface area contributed by atoms with Gasteiger partial charge < -0.3 is 33.5 Å². The number of anilines is 2. The molecule has 224 valence electrons. The predicted octanol–water partition coefficient (Wildman–Crippen LogP) is 2.33. The molecule has 3 aliphatic heterocycles. The molecule has 0 atom stereocenters. The van der Waals surface area contributed by atoms with E-state index in [0.717, 1.165) is 16.7 Å². The Kier molecular flexibility index (Phi) is 9.39. The van der Waals surface area contributed by atoms with Gasteiger partial charge >= 0.3 is 12.0 Å². The number of benzene rings is 1. The number of ether oxygens (including phenoxy) is 5. The number of carbonyl (C=O) groups excluding carboxylic acids is 3. The van der Waals surface area contributed by atoms with E-state index in [1.165, 1.54) is 7.11 Å². The summed E-state index contributed by atoms with van der Waals surface area (Å²) in [6, 6.07) is 5.16. The molecule has 4 heterocycles. The molecule has 3 fully saturated rings. The SMILES string of the molecule is COc1cc(/C=C2\SC(=O)N(CC(=O)OC(C)C)C2=O)ccc1Oc1nc(N2CCOCC2)nc(N2CCOCC2)n1. The van der Waals surface area contributed by atoms with Crippen molar-refractivity contribution in [1.29, 1.82) is 0 Å². The number of morpholine rings is 2. The zero-order valence-corrected chi connectivity index (χ0v) is 24.4. The maximum atomic E-state index is 12.8. The molecule has 0 bridgehead atoms. The van der Waals surface area contributed by atoms with Crippen LogP contribution in [-0.2, 0) is 23.8 Å². The second-order valence-corrected chi connectivity index (χ2v) is 10.7. The van der Waals surface area contributed by atoms with E-state index >= 15 is 0 Å². The number of imide groups is 1. The van der Waals surface area contributed by atoms with Crippen LogP contribution in [0.3, 0.4) is 0 Å². The molecule has 42 heavy (non-hydrogen) atoms. The molecule has 0 radical (unpaired) electrons. The lowest BCUT2D eigenvalue weighted by atomic mass is 10.2. The van der Waals surface area contributed by atoms with E-state index in [1.54, 1.807) is 38.1 Å². The Balaban J connectivity index is 1.36. The Bertz CT molecular complexity index is 1320. The second kappa shape index (κ2) is 13.4. The molecule has 1 aromatic heterocycles. The number of esters is 1. The first-order chi connectivity index (χ1) is 20.3. The molecule has 14 nitrogen and oxygen atoms in total. The first-order valence-electron chi connectivity index (χ1n) is 13.5. The molecule has 15 heteroatoms. The zero-order chi connectivity index (χ0) is 29.6. The number of nitrogens with zero attached hydrogens (tertiary/aromatic N) is 6. The Hall–Kier alpha value is -3.95. The van der Waals surface area contributed by atoms with Gasteiger partial charge in [-0.1, -0.05) is 6.07 Å². The van der Waals surface area contributed by atoms with Crippen LogP contribution in [0.5, 0.6) is 17.5 Å². The van der Waals surface area contributed by atoms with Crippen LogP contribution in [0.15, 0.2) is 23.1 Å². The van der Waals surface area contributed by atoms with Crippen molar-refractivity contribution in [3.05, 3.63) is 28.7 Å². The van der Waals surface area contributed by atoms with Crippen LogP contribution < -0.4 is 19.3 Å². The maximum Gasteiger partial charge on any atom is 0.328 e. The Morgan fingerprint density at radius 2 is 1.60 bits per heavy atom. The van der Waals surface area contributed by atoms with Crippen LogP contribution in [-0.4, -0.2) is 109 Å². The van der Waals surface area contributed by atoms with E-state index in [1.807, 2.05) is 9.80 Å². The fourth-order valence-corrected chi connectivity index (χ4v) is 5.20. The zero-order valence-electron chi connectivity index (χ0n) is 23.6. The van der Waals surface area contributed by atoms with Gasteiger partial charge in [0.2, 0.25) is 11.9 Å². The van der Waals surface area contributed by atoms with Gasteiger partial charge in [-0.05, 0) is 49.4 Å². The molecule has 2 aromatic rings. The summed E-state index contributed by atoms with van der Waals surface area (Å²) in [5.74, 6) is 0.489. The van der Waals surface area contributed by atoms with Crippen molar-refractivity contribution in [2.45, 2.75) is 20.0 Å². The normalized spacial score (nSPS) is 18.7. The van der Waals surface area contributed by atoms with Crippen molar-refractivity contribution in [3.63, 3.8) is 0 Å². The smallest absolute Gasteiger partial charge is 0.328 e. The third kappa shape index (κ3) is 7.09. The quantitative estimate of drug-likeness (QED) is 0.306. The van der Waals surface area contributed by atoms with Crippen LogP contribution in [0.4, 0.5) is 16.7 Å². The monoisotopic (exact) mass is 600 g/mol. The van der Waals surface area contributed by atoms with Gasteiger partial charge in [0.25, 0.3) is 11.1 Å². The van der Waals surface area contributed by atoms with Crippen LogP contribution in [0.2, 0.25) is 0 Å². The highest BCUT2D eigenvalue weighted by atomic mass is 32.2. The topological polar surface area (TPSA) is 146 Å². The van der Waals surface area contributed by atoms with E-state index in [0.29, 0.717) is 81.6 Å². The summed E-state index contributed by atoms with van der Waals surface area (Å²) < 4.78 is 27.7. The molecule has 2 amide bonds. The highest BCUT2D eigenvalue weighted by Crippen LogP contribution is 2.36. The largest absolute Gasteiger partial charge is 0.493 e. The van der Waals surface area contributed by atoms with E-state index in [9.17, 15) is 14.4 Å². The second-order valence-electron chi connectivity index (χ2n) is 9.74. The minimum Gasteiger partial charge on any atom is -0.493 e. The van der Waals surface area contributed by atoms with Crippen LogP contribution in [0.1, 0.15) is 19.4 Å². The van der Waals surface area contributed by atoms with E-state index in [2.05, 4.69) is 9.97 Å². The summed E-state index contributed by atoms with van der Waals surface area (Å²) in [5, 5.41) is -0.541. The highest BCUT2D eigenvalue weighted by molar-refractivity contribution is 8.18. The molecule has 0 aliphatic carbocycles. The minimum absolute atomic E-state index is 0.105. The van der Waals surface area contributed by atoms with E-state index in [-0.39, 0.29) is 17.0 Å². The average molecular weight is 601 g/mol. The van der Waals surface area contributed by atoms with Gasteiger partial charge in [-0.3, -0.25) is 19.3 Å². The van der Waals surface area contributed by atoms with Crippen molar-refractivity contribution < 1.29 is 38.1 Å². The fraction of sp³-hybridized carbons (Fsp3) is 0.481. The summed E-state index contributed by atoms with van der Waals surface area (Å²) >= 11 is 0.753. The first-order valence-corrected chi connectivity index (χ1v) is 14.3. The van der Waals surface area contributed by atoms with E-state index < -0.39 is 23.7 Å². The number of thioether (sulfide) groups is 1. The molecule has 0 saturated carbocycles. The number of rotatable bonds is 9. The maximum absolute atomic E-state index is 12.8. The number of amides is 2. The van der Waals surface area contributed by atoms with Crippen molar-refractivity contribution >= 4 is 46.9 Å². The summed E-state index contributed by atoms with van der Waals surface area (Å²) in [6.45, 7) is 7.83. The first kappa shape index (κ1) is 29.5. The Labute approximate surface area is 246 Å². The summed E-state index contributed by atoms with van der Waals surface area (Å²) in [6.07, 6.45) is 1.21. The molecular weight excluding hydrogens is 568 g/mol. The van der Waals surface area contributed by atoms with Gasteiger partial charge in [-0.15, -0.1) is 0 Å². The number of methoxy groups -OCH3 is 1. The lowest BCUT2D eigenvalue weighted by Crippen LogP contribution is -2.40. The fourth-order valence-electron chi connectivity index (χ4n) is 4.36. The number of aromatic nitrogens is 3. The lowest BCUT2D eigenvalue weighted by molar-refractivity contribution is -0.149. The van der Waals surface area contributed by atoms with Crippen LogP contribution in [0.25, 0.3) is 6.08 Å². The van der Waals surface area contributed by atoms with Gasteiger partial charge in [-0.2, -0.15) is 15.0 Å². The Morgan fingerprint density at radius 1 is 0.976 bits per heavy atom. The highest BCUT2D eigenvalue weighted by Gasteiger charge is 2.37. The standard InChI is InChI=1S/C27H32N6O8S/c1-17(2)40-22(34)16-33-23(35)21(42-27(33)36)15-18-4-5-19(20(14-18)37-3)41-26-29-24(31-6-10-38-11-7-31)28-25(30-26)32-8-12-39-13-9-32/h4-5,14-15,17H,6-13,16H2,1-3H3/b21-15-. The molecule has 3 aliphatic rings. The van der Waals surface area contributed by atoms with Crippen LogP contribution >= 0.6 is 11.8 Å². The summed E-state index contributed by atoms with van der Waals surface area (Å²) in [4.78, 5) is 56.2. The molecule has 5 rings (SSSR count).